The summed E-state index contributed by atoms with van der Waals surface area (Å²) in [6.07, 6.45) is 0.453. The maximum atomic E-state index is 11.6. The number of fused-ring (bicyclic) bond motifs is 1. The van der Waals surface area contributed by atoms with Crippen LogP contribution in [0.25, 0.3) is 11.0 Å². The van der Waals surface area contributed by atoms with Gasteiger partial charge < -0.3 is 9.94 Å². The third-order valence-corrected chi connectivity index (χ3v) is 2.32. The number of aryl methyl sites for hydroxylation is 1. The zero-order chi connectivity index (χ0) is 12.3. The highest BCUT2D eigenvalue weighted by Crippen LogP contribution is 2.06. The van der Waals surface area contributed by atoms with Crippen LogP contribution in [0.5, 0.6) is 0 Å². The lowest BCUT2D eigenvalue weighted by Crippen LogP contribution is -2.34. The average Bonchev–Trinajstić information content (AvgIpc) is 2.36. The number of esters is 1. The van der Waals surface area contributed by atoms with Gasteiger partial charge in [-0.3, -0.25) is 4.79 Å². The van der Waals surface area contributed by atoms with E-state index in [2.05, 4.69) is 14.8 Å². The Morgan fingerprint density at radius 1 is 1.47 bits per heavy atom. The molecular weight excluding hydrogens is 222 g/mol. The first-order valence-electron chi connectivity index (χ1n) is 5.13. The van der Waals surface area contributed by atoms with Gasteiger partial charge in [0.15, 0.2) is 5.82 Å². The lowest BCUT2D eigenvalue weighted by molar-refractivity contribution is -0.644. The minimum Gasteiger partial charge on any atom is -0.594 e. The molecule has 0 aliphatic carbocycles. The van der Waals surface area contributed by atoms with Crippen LogP contribution in [0, 0.1) is 5.21 Å². The molecule has 2 rings (SSSR count). The SMILES string of the molecule is COC(=O)CCc1nc2ccccc2[n+]([O-])n1. The summed E-state index contributed by atoms with van der Waals surface area (Å²) in [6.45, 7) is 0. The summed E-state index contributed by atoms with van der Waals surface area (Å²) >= 11 is 0. The van der Waals surface area contributed by atoms with Gasteiger partial charge in [0.05, 0.1) is 13.5 Å². The predicted octanol–water partition coefficient (Wildman–Crippen LogP) is 0.369. The van der Waals surface area contributed by atoms with Crippen LogP contribution in [0.2, 0.25) is 0 Å². The normalized spacial score (nSPS) is 10.4. The molecule has 6 nitrogen and oxygen atoms in total. The van der Waals surface area contributed by atoms with Crippen LogP contribution >= 0.6 is 0 Å². The van der Waals surface area contributed by atoms with Gasteiger partial charge in [-0.2, -0.15) is 0 Å². The number of carbonyl (C=O) groups excluding carboxylic acids is 1. The fraction of sp³-hybridized carbons (Fsp3) is 0.273. The fourth-order valence-electron chi connectivity index (χ4n) is 1.46. The van der Waals surface area contributed by atoms with Gasteiger partial charge in [-0.25, -0.2) is 4.98 Å². The zero-order valence-electron chi connectivity index (χ0n) is 9.29. The van der Waals surface area contributed by atoms with Crippen molar-refractivity contribution in [3.05, 3.63) is 35.3 Å². The summed E-state index contributed by atoms with van der Waals surface area (Å²) in [7, 11) is 1.32. The molecule has 1 aromatic heterocycles. The molecule has 88 valence electrons. The monoisotopic (exact) mass is 233 g/mol. The third kappa shape index (κ3) is 2.47. The first-order valence-corrected chi connectivity index (χ1v) is 5.13. The predicted molar refractivity (Wildman–Crippen MR) is 58.8 cm³/mol. The van der Waals surface area contributed by atoms with Crippen LogP contribution in [-0.4, -0.2) is 23.2 Å². The van der Waals surface area contributed by atoms with Crippen LogP contribution in [0.1, 0.15) is 12.2 Å². The van der Waals surface area contributed by atoms with Crippen molar-refractivity contribution in [1.82, 2.24) is 10.1 Å². The van der Waals surface area contributed by atoms with E-state index in [0.717, 1.165) is 0 Å². The molecular formula is C11H11N3O3. The Morgan fingerprint density at radius 2 is 2.24 bits per heavy atom. The van der Waals surface area contributed by atoms with E-state index in [1.807, 2.05) is 0 Å². The fourth-order valence-corrected chi connectivity index (χ4v) is 1.46. The average molecular weight is 233 g/mol. The van der Waals surface area contributed by atoms with Gasteiger partial charge in [-0.1, -0.05) is 12.1 Å². The maximum Gasteiger partial charge on any atom is 0.305 e. The van der Waals surface area contributed by atoms with E-state index >= 15 is 0 Å². The van der Waals surface area contributed by atoms with Crippen LogP contribution in [0.4, 0.5) is 0 Å². The van der Waals surface area contributed by atoms with Crippen molar-refractivity contribution in [2.75, 3.05) is 7.11 Å². The Hall–Kier alpha value is -2.24. The topological polar surface area (TPSA) is 79.0 Å². The van der Waals surface area contributed by atoms with E-state index in [9.17, 15) is 10.0 Å². The Bertz CT molecular complexity index is 557. The second-order valence-corrected chi connectivity index (χ2v) is 3.47. The number of methoxy groups -OCH3 is 1. The highest BCUT2D eigenvalue weighted by molar-refractivity contribution is 5.71. The summed E-state index contributed by atoms with van der Waals surface area (Å²) in [4.78, 5) is 15.7. The van der Waals surface area contributed by atoms with Crippen molar-refractivity contribution in [1.29, 1.82) is 0 Å². The molecule has 0 atom stereocenters. The lowest BCUT2D eigenvalue weighted by atomic mass is 10.3. The molecule has 0 N–H and O–H groups in total. The van der Waals surface area contributed by atoms with Crippen LogP contribution in [-0.2, 0) is 16.0 Å². The number of para-hydroxylation sites is 2. The number of ether oxygens (including phenoxy) is 1. The molecule has 0 amide bonds. The highest BCUT2D eigenvalue weighted by atomic mass is 16.5. The smallest absolute Gasteiger partial charge is 0.305 e. The molecule has 2 aromatic rings. The largest absolute Gasteiger partial charge is 0.594 e. The number of carbonyl (C=O) groups is 1. The van der Waals surface area contributed by atoms with Crippen molar-refractivity contribution < 1.29 is 14.4 Å². The van der Waals surface area contributed by atoms with Gasteiger partial charge >= 0.3 is 5.97 Å². The second kappa shape index (κ2) is 4.73. The van der Waals surface area contributed by atoms with Crippen molar-refractivity contribution in [3.8, 4) is 0 Å². The Balaban J connectivity index is 2.27. The molecule has 0 aliphatic rings. The van der Waals surface area contributed by atoms with Gasteiger partial charge in [0, 0.05) is 17.6 Å². The van der Waals surface area contributed by atoms with Gasteiger partial charge in [0.25, 0.3) is 5.52 Å². The Kier molecular flexibility index (Phi) is 3.13. The summed E-state index contributed by atoms with van der Waals surface area (Å²) in [5.74, 6) is -0.0108. The molecule has 1 heterocycles. The number of hydrogen-bond acceptors (Lipinski definition) is 5. The van der Waals surface area contributed by atoms with E-state index in [1.165, 1.54) is 7.11 Å². The second-order valence-electron chi connectivity index (χ2n) is 3.47. The highest BCUT2D eigenvalue weighted by Gasteiger charge is 2.11. The molecule has 6 heteroatoms. The standard InChI is InChI=1S/C11H11N3O3/c1-17-11(15)7-6-10-12-8-4-2-3-5-9(8)14(16)13-10/h2-5H,6-7H2,1H3. The molecule has 0 aliphatic heterocycles. The van der Waals surface area contributed by atoms with E-state index in [-0.39, 0.29) is 12.4 Å². The Labute approximate surface area is 97.4 Å². The minimum absolute atomic E-state index is 0.162. The summed E-state index contributed by atoms with van der Waals surface area (Å²) in [5.41, 5.74) is 0.978. The third-order valence-electron chi connectivity index (χ3n) is 2.32. The van der Waals surface area contributed by atoms with Crippen molar-refractivity contribution >= 4 is 17.0 Å². The Morgan fingerprint density at radius 3 is 3.00 bits per heavy atom. The number of benzene rings is 1. The van der Waals surface area contributed by atoms with Crippen LogP contribution < -0.4 is 4.85 Å². The van der Waals surface area contributed by atoms with Crippen LogP contribution in [0.3, 0.4) is 0 Å². The van der Waals surface area contributed by atoms with Crippen molar-refractivity contribution in [3.63, 3.8) is 0 Å². The van der Waals surface area contributed by atoms with E-state index < -0.39 is 0 Å². The molecule has 0 radical (unpaired) electrons. The maximum absolute atomic E-state index is 11.6. The van der Waals surface area contributed by atoms with Gasteiger partial charge in [0.2, 0.25) is 0 Å². The molecule has 0 unspecified atom stereocenters. The molecule has 0 spiro atoms. The van der Waals surface area contributed by atoms with E-state index in [4.69, 9.17) is 0 Å². The molecule has 17 heavy (non-hydrogen) atoms. The van der Waals surface area contributed by atoms with Crippen molar-refractivity contribution in [2.45, 2.75) is 12.8 Å². The summed E-state index contributed by atoms with van der Waals surface area (Å²) in [5, 5.41) is 15.3. The molecule has 0 saturated heterocycles. The molecule has 0 bridgehead atoms. The summed E-state index contributed by atoms with van der Waals surface area (Å²) < 4.78 is 4.51. The number of rotatable bonds is 3. The number of aromatic nitrogens is 3. The van der Waals surface area contributed by atoms with Crippen molar-refractivity contribution in [2.24, 2.45) is 0 Å². The molecule has 0 fully saturated rings. The first kappa shape index (κ1) is 11.3. The first-order chi connectivity index (χ1) is 8.20. The number of nitrogens with zero attached hydrogens (tertiary/aromatic N) is 3. The summed E-state index contributed by atoms with van der Waals surface area (Å²) in [6, 6.07) is 6.91. The van der Waals surface area contributed by atoms with Gasteiger partial charge in [-0.15, -0.1) is 0 Å². The van der Waals surface area contributed by atoms with E-state index in [0.29, 0.717) is 28.1 Å². The zero-order valence-corrected chi connectivity index (χ0v) is 9.29. The van der Waals surface area contributed by atoms with Gasteiger partial charge in [0.1, 0.15) is 5.52 Å². The van der Waals surface area contributed by atoms with Gasteiger partial charge in [-0.05, 0) is 10.9 Å². The lowest BCUT2D eigenvalue weighted by Gasteiger charge is -2.01. The molecule has 1 aromatic carbocycles. The number of hydrogen-bond donors (Lipinski definition) is 0. The minimum atomic E-state index is -0.348. The van der Waals surface area contributed by atoms with Crippen LogP contribution in [0.15, 0.2) is 24.3 Å². The van der Waals surface area contributed by atoms with E-state index in [1.54, 1.807) is 24.3 Å². The molecule has 0 saturated carbocycles. The quantitative estimate of drug-likeness (QED) is 0.434.